The molecule has 2 amide bonds. The molecule has 1 heterocycles. The maximum Gasteiger partial charge on any atom is 0.254 e. The number of hydrogen-bond acceptors (Lipinski definition) is 3. The summed E-state index contributed by atoms with van der Waals surface area (Å²) in [6, 6.07) is 27.0. The molecule has 0 spiro atoms. The fraction of sp³-hybridized carbons (Fsp3) is 0.233. The van der Waals surface area contributed by atoms with Gasteiger partial charge in [0.15, 0.2) is 0 Å². The highest BCUT2D eigenvalue weighted by Gasteiger charge is 2.23. The summed E-state index contributed by atoms with van der Waals surface area (Å²) in [4.78, 5) is 28.3. The third-order valence-corrected chi connectivity index (χ3v) is 6.15. The first-order valence-electron chi connectivity index (χ1n) is 12.3. The van der Waals surface area contributed by atoms with Crippen molar-refractivity contribution >= 4 is 17.6 Å². The van der Waals surface area contributed by atoms with Gasteiger partial charge in [-0.05, 0) is 49.6 Å². The van der Waals surface area contributed by atoms with Gasteiger partial charge in [-0.15, -0.1) is 0 Å². The number of unbranched alkanes of at least 4 members (excludes halogenated alkanes) is 1. The molecule has 0 radical (unpaired) electrons. The molecule has 0 saturated carbocycles. The van der Waals surface area contributed by atoms with Crippen LogP contribution >= 0.6 is 0 Å². The van der Waals surface area contributed by atoms with Crippen molar-refractivity contribution < 1.29 is 9.59 Å². The number of amides is 2. The largest absolute Gasteiger partial charge is 0.329 e. The van der Waals surface area contributed by atoms with E-state index in [-0.39, 0.29) is 18.4 Å². The molecule has 1 aromatic heterocycles. The van der Waals surface area contributed by atoms with Crippen LogP contribution in [0.1, 0.15) is 41.4 Å². The van der Waals surface area contributed by atoms with Gasteiger partial charge in [-0.2, -0.15) is 5.10 Å². The molecule has 3 aromatic carbocycles. The zero-order valence-electron chi connectivity index (χ0n) is 21.1. The second-order valence-corrected chi connectivity index (χ2v) is 8.87. The number of benzene rings is 3. The third-order valence-electron chi connectivity index (χ3n) is 6.15. The molecule has 0 bridgehead atoms. The van der Waals surface area contributed by atoms with Crippen LogP contribution in [0.25, 0.3) is 16.8 Å². The summed E-state index contributed by atoms with van der Waals surface area (Å²) in [6.07, 6.45) is 1.75. The van der Waals surface area contributed by atoms with Gasteiger partial charge < -0.3 is 10.2 Å². The molecule has 184 valence electrons. The number of nitrogens with zero attached hydrogens (tertiary/aromatic N) is 3. The van der Waals surface area contributed by atoms with E-state index in [1.165, 1.54) is 0 Å². The van der Waals surface area contributed by atoms with Crippen molar-refractivity contribution in [3.63, 3.8) is 0 Å². The molecule has 0 aliphatic heterocycles. The van der Waals surface area contributed by atoms with E-state index in [0.717, 1.165) is 40.9 Å². The Kier molecular flexibility index (Phi) is 7.95. The van der Waals surface area contributed by atoms with Gasteiger partial charge in [0, 0.05) is 17.7 Å². The van der Waals surface area contributed by atoms with Crippen molar-refractivity contribution in [1.29, 1.82) is 0 Å². The number of nitrogens with one attached hydrogen (secondary N) is 1. The van der Waals surface area contributed by atoms with E-state index in [9.17, 15) is 9.59 Å². The summed E-state index contributed by atoms with van der Waals surface area (Å²) in [6.45, 7) is 6.50. The van der Waals surface area contributed by atoms with Gasteiger partial charge in [0.25, 0.3) is 5.91 Å². The minimum atomic E-state index is -0.262. The second kappa shape index (κ2) is 11.5. The van der Waals surface area contributed by atoms with Crippen molar-refractivity contribution in [3.8, 4) is 16.8 Å². The average molecular weight is 481 g/mol. The normalized spacial score (nSPS) is 10.8. The third kappa shape index (κ3) is 5.54. The Morgan fingerprint density at radius 1 is 0.889 bits per heavy atom. The fourth-order valence-electron chi connectivity index (χ4n) is 4.28. The van der Waals surface area contributed by atoms with Gasteiger partial charge in [0.1, 0.15) is 12.4 Å². The predicted octanol–water partition coefficient (Wildman–Crippen LogP) is 6.04. The van der Waals surface area contributed by atoms with Crippen LogP contribution in [0.15, 0.2) is 84.9 Å². The Bertz CT molecular complexity index is 1330. The quantitative estimate of drug-likeness (QED) is 0.318. The van der Waals surface area contributed by atoms with Crippen molar-refractivity contribution in [2.45, 2.75) is 33.6 Å². The molecule has 0 fully saturated rings. The van der Waals surface area contributed by atoms with Crippen molar-refractivity contribution in [3.05, 3.63) is 102 Å². The van der Waals surface area contributed by atoms with Gasteiger partial charge in [0.2, 0.25) is 5.91 Å². The average Bonchev–Trinajstić information content (AvgIpc) is 3.22. The lowest BCUT2D eigenvalue weighted by atomic mass is 10.1. The van der Waals surface area contributed by atoms with Gasteiger partial charge in [-0.3, -0.25) is 9.59 Å². The molecule has 0 saturated heterocycles. The highest BCUT2D eigenvalue weighted by atomic mass is 16.2. The summed E-state index contributed by atoms with van der Waals surface area (Å²) >= 11 is 0. The van der Waals surface area contributed by atoms with Crippen LogP contribution < -0.4 is 5.32 Å². The molecule has 0 atom stereocenters. The van der Waals surface area contributed by atoms with E-state index >= 15 is 0 Å². The number of carbonyl (C=O) groups is 2. The lowest BCUT2D eigenvalue weighted by Gasteiger charge is -2.22. The van der Waals surface area contributed by atoms with E-state index in [1.54, 1.807) is 21.7 Å². The second-order valence-electron chi connectivity index (χ2n) is 8.87. The molecule has 0 unspecified atom stereocenters. The van der Waals surface area contributed by atoms with Crippen molar-refractivity contribution in [2.75, 3.05) is 18.4 Å². The lowest BCUT2D eigenvalue weighted by molar-refractivity contribution is -0.116. The molecule has 1 N–H and O–H groups in total. The number of aryl methyl sites for hydroxylation is 2. The van der Waals surface area contributed by atoms with Crippen LogP contribution in [0.4, 0.5) is 5.82 Å². The van der Waals surface area contributed by atoms with Gasteiger partial charge in [0.05, 0.1) is 11.4 Å². The molecule has 6 nitrogen and oxygen atoms in total. The van der Waals surface area contributed by atoms with Crippen LogP contribution in [0.5, 0.6) is 0 Å². The van der Waals surface area contributed by atoms with Crippen LogP contribution in [-0.4, -0.2) is 39.6 Å². The Morgan fingerprint density at radius 3 is 2.19 bits per heavy atom. The maximum absolute atomic E-state index is 13.4. The number of hydrogen-bond donors (Lipinski definition) is 1. The molecular weight excluding hydrogens is 448 g/mol. The van der Waals surface area contributed by atoms with Gasteiger partial charge in [-0.1, -0.05) is 80.1 Å². The minimum Gasteiger partial charge on any atom is -0.329 e. The van der Waals surface area contributed by atoms with E-state index < -0.39 is 0 Å². The van der Waals surface area contributed by atoms with E-state index in [4.69, 9.17) is 5.10 Å². The monoisotopic (exact) mass is 480 g/mol. The van der Waals surface area contributed by atoms with Crippen LogP contribution in [0, 0.1) is 13.8 Å². The number of aromatic nitrogens is 2. The smallest absolute Gasteiger partial charge is 0.254 e. The van der Waals surface area contributed by atoms with Crippen molar-refractivity contribution in [1.82, 2.24) is 14.7 Å². The zero-order chi connectivity index (χ0) is 25.5. The predicted molar refractivity (Wildman–Crippen MR) is 144 cm³/mol. The Morgan fingerprint density at radius 2 is 1.53 bits per heavy atom. The Labute approximate surface area is 212 Å². The fourth-order valence-corrected chi connectivity index (χ4v) is 4.28. The molecule has 4 aromatic rings. The number of carbonyl (C=O) groups excluding carboxylic acids is 2. The lowest BCUT2D eigenvalue weighted by Crippen LogP contribution is -2.39. The van der Waals surface area contributed by atoms with E-state index in [0.29, 0.717) is 17.9 Å². The number of rotatable bonds is 9. The number of anilines is 1. The minimum absolute atomic E-state index is 0.0417. The van der Waals surface area contributed by atoms with Crippen LogP contribution in [0.2, 0.25) is 0 Å². The Balaban J connectivity index is 1.69. The first-order valence-corrected chi connectivity index (χ1v) is 12.3. The van der Waals surface area contributed by atoms with Crippen molar-refractivity contribution in [2.24, 2.45) is 0 Å². The summed E-state index contributed by atoms with van der Waals surface area (Å²) in [5.74, 6) is 0.189. The summed E-state index contributed by atoms with van der Waals surface area (Å²) < 4.78 is 1.79. The Hall–Kier alpha value is -4.19. The molecule has 4 rings (SSSR count). The highest BCUT2D eigenvalue weighted by molar-refractivity contribution is 6.01. The molecular formula is C30H32N4O2. The topological polar surface area (TPSA) is 67.2 Å². The van der Waals surface area contributed by atoms with Crippen LogP contribution in [0.3, 0.4) is 0 Å². The van der Waals surface area contributed by atoms with Gasteiger partial charge in [-0.25, -0.2) is 4.68 Å². The van der Waals surface area contributed by atoms with Gasteiger partial charge >= 0.3 is 0 Å². The zero-order valence-corrected chi connectivity index (χ0v) is 21.1. The van der Waals surface area contributed by atoms with Crippen LogP contribution in [-0.2, 0) is 4.79 Å². The number of para-hydroxylation sites is 1. The standard InChI is InChI=1S/C30H32N4O2/c1-4-5-20-33(30(36)25-17-10-7-11-18-25)21-27(35)31-29-28(24-15-8-6-9-16-24)23(3)32-34(29)26-19-13-12-14-22(26)2/h6-19H,4-5,20-21H2,1-3H3,(H,31,35). The SMILES string of the molecule is CCCCN(CC(=O)Nc1c(-c2ccccc2)c(C)nn1-c1ccccc1C)C(=O)c1ccccc1. The molecule has 0 aliphatic rings. The van der Waals surface area contributed by atoms with E-state index in [2.05, 4.69) is 12.2 Å². The molecule has 36 heavy (non-hydrogen) atoms. The summed E-state index contributed by atoms with van der Waals surface area (Å²) in [5, 5.41) is 7.91. The maximum atomic E-state index is 13.4. The van der Waals surface area contributed by atoms with E-state index in [1.807, 2.05) is 86.6 Å². The summed E-state index contributed by atoms with van der Waals surface area (Å²) in [5.41, 5.74) is 5.14. The molecule has 0 aliphatic carbocycles. The summed E-state index contributed by atoms with van der Waals surface area (Å²) in [7, 11) is 0. The first kappa shape index (κ1) is 24.9. The molecule has 6 heteroatoms. The first-order chi connectivity index (χ1) is 17.5. The highest BCUT2D eigenvalue weighted by Crippen LogP contribution is 2.34.